The number of likely N-dealkylation sites (N-methyl/N-ethyl adjacent to an activating group) is 1. The van der Waals surface area contributed by atoms with E-state index in [0.717, 1.165) is 19.6 Å². The van der Waals surface area contributed by atoms with Gasteiger partial charge in [0, 0.05) is 26.2 Å². The van der Waals surface area contributed by atoms with Gasteiger partial charge in [-0.3, -0.25) is 14.9 Å². The van der Waals surface area contributed by atoms with Crippen molar-refractivity contribution in [3.8, 4) is 5.75 Å². The van der Waals surface area contributed by atoms with E-state index >= 15 is 0 Å². The molecule has 1 heterocycles. The Morgan fingerprint density at radius 2 is 2.10 bits per heavy atom. The zero-order chi connectivity index (χ0) is 15.4. The highest BCUT2D eigenvalue weighted by atomic mass is 16.6. The molecular weight excluding hydrogens is 274 g/mol. The zero-order valence-electron chi connectivity index (χ0n) is 12.0. The van der Waals surface area contributed by atoms with E-state index in [2.05, 4.69) is 4.90 Å². The lowest BCUT2D eigenvalue weighted by Crippen LogP contribution is -2.35. The lowest BCUT2D eigenvalue weighted by atomic mass is 10.1. The van der Waals surface area contributed by atoms with Gasteiger partial charge in [0.2, 0.25) is 5.75 Å². The van der Waals surface area contributed by atoms with Crippen LogP contribution in [-0.2, 0) is 0 Å². The molecule has 0 bridgehead atoms. The number of carbonyl (C=O) groups excluding carboxylic acids is 1. The van der Waals surface area contributed by atoms with Gasteiger partial charge in [-0.1, -0.05) is 6.07 Å². The maximum absolute atomic E-state index is 12.3. The number of para-hydroxylation sites is 1. The Labute approximate surface area is 122 Å². The van der Waals surface area contributed by atoms with Crippen LogP contribution in [0, 0.1) is 10.1 Å². The molecule has 0 unspecified atom stereocenters. The normalized spacial score (nSPS) is 15.1. The Bertz CT molecular complexity index is 541. The summed E-state index contributed by atoms with van der Waals surface area (Å²) in [6, 6.07) is 3.98. The first kappa shape index (κ1) is 15.2. The van der Waals surface area contributed by atoms with E-state index in [0.29, 0.717) is 6.54 Å². The van der Waals surface area contributed by atoms with E-state index in [1.165, 1.54) is 35.9 Å². The summed E-state index contributed by atoms with van der Waals surface area (Å²) in [6.45, 7) is 3.40. The van der Waals surface area contributed by atoms with Gasteiger partial charge in [0.05, 0.1) is 10.5 Å². The molecule has 7 heteroatoms. The molecule has 114 valence electrons. The highest BCUT2D eigenvalue weighted by Crippen LogP contribution is 2.29. The van der Waals surface area contributed by atoms with Crippen molar-refractivity contribution in [1.29, 1.82) is 0 Å². The summed E-state index contributed by atoms with van der Waals surface area (Å²) in [7, 11) is 1.64. The minimum Gasteiger partial charge on any atom is -0.502 e. The first-order chi connectivity index (χ1) is 10.0. The van der Waals surface area contributed by atoms with E-state index in [-0.39, 0.29) is 5.56 Å². The van der Waals surface area contributed by atoms with Gasteiger partial charge < -0.3 is 14.9 Å². The third-order valence-electron chi connectivity index (χ3n) is 3.74. The fourth-order valence-corrected chi connectivity index (χ4v) is 2.46. The predicted octanol–water partition coefficient (Wildman–Crippen LogP) is 1.47. The van der Waals surface area contributed by atoms with E-state index < -0.39 is 22.3 Å². The van der Waals surface area contributed by atoms with E-state index in [4.69, 9.17) is 0 Å². The van der Waals surface area contributed by atoms with Gasteiger partial charge in [-0.15, -0.1) is 0 Å². The predicted molar refractivity (Wildman–Crippen MR) is 77.4 cm³/mol. The second-order valence-corrected chi connectivity index (χ2v) is 5.21. The molecule has 0 aliphatic carbocycles. The fourth-order valence-electron chi connectivity index (χ4n) is 2.46. The van der Waals surface area contributed by atoms with Crippen molar-refractivity contribution in [2.45, 2.75) is 12.8 Å². The smallest absolute Gasteiger partial charge is 0.311 e. The molecule has 1 aliphatic rings. The maximum atomic E-state index is 12.3. The minimum absolute atomic E-state index is 0.0341. The van der Waals surface area contributed by atoms with Gasteiger partial charge in [0.15, 0.2) is 0 Å². The lowest BCUT2D eigenvalue weighted by Gasteiger charge is -2.21. The van der Waals surface area contributed by atoms with Crippen LogP contribution in [0.15, 0.2) is 18.2 Å². The number of aromatic hydroxyl groups is 1. The SMILES string of the molecule is CN(CCN1CCCC1)C(=O)c1cccc([N+](=O)[O-])c1O. The summed E-state index contributed by atoms with van der Waals surface area (Å²) in [5.41, 5.74) is -0.484. The average Bonchev–Trinajstić information content (AvgIpc) is 2.97. The van der Waals surface area contributed by atoms with Crippen LogP contribution in [0.1, 0.15) is 23.2 Å². The largest absolute Gasteiger partial charge is 0.502 e. The molecule has 1 aliphatic heterocycles. The second kappa shape index (κ2) is 6.53. The highest BCUT2D eigenvalue weighted by molar-refractivity contribution is 5.97. The summed E-state index contributed by atoms with van der Waals surface area (Å²) >= 11 is 0. The van der Waals surface area contributed by atoms with Crippen LogP contribution in [0.2, 0.25) is 0 Å². The number of nitrogens with zero attached hydrogens (tertiary/aromatic N) is 3. The molecule has 1 aromatic rings. The van der Waals surface area contributed by atoms with Crippen molar-refractivity contribution in [2.24, 2.45) is 0 Å². The standard InChI is InChI=1S/C14H19N3O4/c1-15(9-10-16-7-2-3-8-16)14(19)11-5-4-6-12(13(11)18)17(20)21/h4-6,18H,2-3,7-10H2,1H3. The molecule has 1 aromatic carbocycles. The van der Waals surface area contributed by atoms with Crippen molar-refractivity contribution in [3.63, 3.8) is 0 Å². The average molecular weight is 293 g/mol. The molecule has 0 atom stereocenters. The third kappa shape index (κ3) is 3.49. The van der Waals surface area contributed by atoms with Gasteiger partial charge in [-0.05, 0) is 32.0 Å². The molecule has 0 spiro atoms. The monoisotopic (exact) mass is 293 g/mol. The molecule has 1 fully saturated rings. The van der Waals surface area contributed by atoms with Crippen LogP contribution in [0.4, 0.5) is 5.69 Å². The van der Waals surface area contributed by atoms with Gasteiger partial charge in [-0.2, -0.15) is 0 Å². The quantitative estimate of drug-likeness (QED) is 0.656. The Hall–Kier alpha value is -2.15. The zero-order valence-corrected chi connectivity index (χ0v) is 12.0. The molecular formula is C14H19N3O4. The first-order valence-electron chi connectivity index (χ1n) is 6.95. The van der Waals surface area contributed by atoms with E-state index in [9.17, 15) is 20.0 Å². The number of nitro benzene ring substituents is 1. The molecule has 2 rings (SSSR count). The molecule has 7 nitrogen and oxygen atoms in total. The summed E-state index contributed by atoms with van der Waals surface area (Å²) in [6.07, 6.45) is 2.37. The maximum Gasteiger partial charge on any atom is 0.311 e. The van der Waals surface area contributed by atoms with Gasteiger partial charge in [0.1, 0.15) is 0 Å². The number of hydrogen-bond donors (Lipinski definition) is 1. The van der Waals surface area contributed by atoms with Gasteiger partial charge in [0.25, 0.3) is 5.91 Å². The second-order valence-electron chi connectivity index (χ2n) is 5.21. The number of phenols is 1. The van der Waals surface area contributed by atoms with Crippen LogP contribution in [-0.4, -0.2) is 59.0 Å². The Balaban J connectivity index is 2.04. The Kier molecular flexibility index (Phi) is 4.74. The third-order valence-corrected chi connectivity index (χ3v) is 3.74. The van der Waals surface area contributed by atoms with Crippen molar-refractivity contribution in [3.05, 3.63) is 33.9 Å². The molecule has 0 aromatic heterocycles. The molecule has 0 radical (unpaired) electrons. The van der Waals surface area contributed by atoms with Crippen LogP contribution in [0.25, 0.3) is 0 Å². The number of amides is 1. The van der Waals surface area contributed by atoms with Crippen molar-refractivity contribution in [2.75, 3.05) is 33.2 Å². The number of rotatable bonds is 5. The lowest BCUT2D eigenvalue weighted by molar-refractivity contribution is -0.385. The summed E-state index contributed by atoms with van der Waals surface area (Å²) < 4.78 is 0. The van der Waals surface area contributed by atoms with Gasteiger partial charge in [-0.25, -0.2) is 0 Å². The summed E-state index contributed by atoms with van der Waals surface area (Å²) in [5.74, 6) is -0.976. The Morgan fingerprint density at radius 3 is 2.71 bits per heavy atom. The molecule has 21 heavy (non-hydrogen) atoms. The molecule has 0 saturated carbocycles. The number of likely N-dealkylation sites (tertiary alicyclic amines) is 1. The van der Waals surface area contributed by atoms with Gasteiger partial charge >= 0.3 is 5.69 Å². The minimum atomic E-state index is -0.698. The summed E-state index contributed by atoms with van der Waals surface area (Å²) in [5, 5.41) is 20.6. The van der Waals surface area contributed by atoms with E-state index in [1.807, 2.05) is 0 Å². The number of phenolic OH excluding ortho intramolecular Hbond substituents is 1. The van der Waals surface area contributed by atoms with Crippen molar-refractivity contribution < 1.29 is 14.8 Å². The summed E-state index contributed by atoms with van der Waals surface area (Å²) in [4.78, 5) is 26.1. The highest BCUT2D eigenvalue weighted by Gasteiger charge is 2.23. The fraction of sp³-hybridized carbons (Fsp3) is 0.500. The van der Waals surface area contributed by atoms with Crippen LogP contribution >= 0.6 is 0 Å². The first-order valence-corrected chi connectivity index (χ1v) is 6.95. The van der Waals surface area contributed by atoms with Crippen molar-refractivity contribution >= 4 is 11.6 Å². The van der Waals surface area contributed by atoms with Crippen LogP contribution in [0.3, 0.4) is 0 Å². The van der Waals surface area contributed by atoms with Crippen LogP contribution < -0.4 is 0 Å². The number of carbonyl (C=O) groups is 1. The van der Waals surface area contributed by atoms with E-state index in [1.54, 1.807) is 7.05 Å². The van der Waals surface area contributed by atoms with Crippen LogP contribution in [0.5, 0.6) is 5.75 Å². The number of nitro groups is 1. The molecule has 1 saturated heterocycles. The molecule has 1 amide bonds. The molecule has 1 N–H and O–H groups in total. The topological polar surface area (TPSA) is 86.9 Å². The van der Waals surface area contributed by atoms with Crippen molar-refractivity contribution in [1.82, 2.24) is 9.80 Å². The number of hydrogen-bond acceptors (Lipinski definition) is 5. The Morgan fingerprint density at radius 1 is 1.43 bits per heavy atom. The number of benzene rings is 1.